The first-order chi connectivity index (χ1) is 21.8. The molecule has 0 spiro atoms. The molecule has 3 aromatic heterocycles. The lowest BCUT2D eigenvalue weighted by Gasteiger charge is -2.38. The highest BCUT2D eigenvalue weighted by Gasteiger charge is 2.34. The number of pyridine rings is 1. The van der Waals surface area contributed by atoms with Crippen molar-refractivity contribution < 1.29 is 9.53 Å². The average molecular weight is 613 g/mol. The number of nitrogens with zero attached hydrogens (tertiary/aromatic N) is 7. The highest BCUT2D eigenvalue weighted by Crippen LogP contribution is 2.45. The summed E-state index contributed by atoms with van der Waals surface area (Å²) >= 11 is 0. The molecule has 0 saturated heterocycles. The molecule has 45 heavy (non-hydrogen) atoms. The topological polar surface area (TPSA) is 93.3 Å². The van der Waals surface area contributed by atoms with Gasteiger partial charge in [0.05, 0.1) is 35.1 Å². The minimum atomic E-state index is 0.352. The Kier molecular flexibility index (Phi) is 9.12. The van der Waals surface area contributed by atoms with E-state index in [1.807, 2.05) is 21.0 Å². The molecule has 0 aliphatic heterocycles. The number of benzene rings is 1. The van der Waals surface area contributed by atoms with Gasteiger partial charge in [0.25, 0.3) is 0 Å². The summed E-state index contributed by atoms with van der Waals surface area (Å²) < 4.78 is 10.5. The standard InChI is InChI=1S/C35H48N8O2/c1-23-18-24(22-44)19-30(38-23)29-21-37-42(6)34(29)45-17-7-8-32(25-9-10-25)43-33-16-15-28(20-31(33)39-35(43)36-2)41(5)27-13-11-26(12-14-27)40(3)4/h15-16,18-22,25-27,32H,7-14,17H2,1-6H3,(H,36,39). The second-order valence-corrected chi connectivity index (χ2v) is 13.2. The summed E-state index contributed by atoms with van der Waals surface area (Å²) in [5, 5.41) is 7.82. The van der Waals surface area contributed by atoms with Crippen molar-refractivity contribution in [1.82, 2.24) is 29.2 Å². The largest absolute Gasteiger partial charge is 0.477 e. The first kappa shape index (κ1) is 31.1. The van der Waals surface area contributed by atoms with Gasteiger partial charge in [0.1, 0.15) is 6.29 Å². The molecule has 2 aliphatic rings. The van der Waals surface area contributed by atoms with Crippen molar-refractivity contribution in [3.63, 3.8) is 0 Å². The highest BCUT2D eigenvalue weighted by atomic mass is 16.5. The van der Waals surface area contributed by atoms with Crippen LogP contribution in [0.5, 0.6) is 5.88 Å². The molecular formula is C35H48N8O2. The lowest BCUT2D eigenvalue weighted by atomic mass is 9.89. The van der Waals surface area contributed by atoms with Gasteiger partial charge >= 0.3 is 0 Å². The van der Waals surface area contributed by atoms with Gasteiger partial charge in [-0.2, -0.15) is 5.10 Å². The Bertz CT molecular complexity index is 1630. The van der Waals surface area contributed by atoms with E-state index in [1.54, 1.807) is 23.0 Å². The van der Waals surface area contributed by atoms with Crippen LogP contribution in [0.1, 0.15) is 73.5 Å². The van der Waals surface area contributed by atoms with Crippen molar-refractivity contribution in [2.24, 2.45) is 13.0 Å². The monoisotopic (exact) mass is 612 g/mol. The summed E-state index contributed by atoms with van der Waals surface area (Å²) in [7, 11) is 10.5. The summed E-state index contributed by atoms with van der Waals surface area (Å²) in [4.78, 5) is 26.0. The molecule has 2 fully saturated rings. The number of carbonyl (C=O) groups is 1. The number of aldehydes is 1. The van der Waals surface area contributed by atoms with Gasteiger partial charge in [-0.3, -0.25) is 9.78 Å². The third-order valence-electron chi connectivity index (χ3n) is 9.90. The molecule has 6 rings (SSSR count). The van der Waals surface area contributed by atoms with Crippen molar-refractivity contribution in [1.29, 1.82) is 0 Å². The van der Waals surface area contributed by atoms with E-state index in [2.05, 4.69) is 69.1 Å². The maximum atomic E-state index is 11.4. The minimum absolute atomic E-state index is 0.352. The van der Waals surface area contributed by atoms with Gasteiger partial charge in [0, 0.05) is 56.2 Å². The van der Waals surface area contributed by atoms with Crippen LogP contribution >= 0.6 is 0 Å². The van der Waals surface area contributed by atoms with Crippen LogP contribution in [0.3, 0.4) is 0 Å². The predicted molar refractivity (Wildman–Crippen MR) is 180 cm³/mol. The van der Waals surface area contributed by atoms with E-state index < -0.39 is 0 Å². The number of imidazole rings is 1. The molecule has 0 amide bonds. The fourth-order valence-electron chi connectivity index (χ4n) is 7.18. The van der Waals surface area contributed by atoms with Gasteiger partial charge in [-0.1, -0.05) is 0 Å². The van der Waals surface area contributed by atoms with Crippen LogP contribution in [0, 0.1) is 12.8 Å². The lowest BCUT2D eigenvalue weighted by Crippen LogP contribution is -2.40. The minimum Gasteiger partial charge on any atom is -0.477 e. The smallest absolute Gasteiger partial charge is 0.221 e. The number of rotatable bonds is 13. The van der Waals surface area contributed by atoms with Crippen molar-refractivity contribution >= 4 is 29.0 Å². The van der Waals surface area contributed by atoms with Crippen LogP contribution in [-0.4, -0.2) is 82.4 Å². The Morgan fingerprint density at radius 1 is 1.04 bits per heavy atom. The quantitative estimate of drug-likeness (QED) is 0.143. The fraction of sp³-hybridized carbons (Fsp3) is 0.543. The molecule has 1 atom stereocenters. The molecule has 2 aliphatic carbocycles. The van der Waals surface area contributed by atoms with E-state index in [9.17, 15) is 4.79 Å². The van der Waals surface area contributed by atoms with Crippen LogP contribution in [-0.2, 0) is 7.05 Å². The number of hydrogen-bond acceptors (Lipinski definition) is 8. The Balaban J connectivity index is 1.15. The summed E-state index contributed by atoms with van der Waals surface area (Å²) in [5.41, 5.74) is 6.37. The Labute approximate surface area is 266 Å². The number of fused-ring (bicyclic) bond motifs is 1. The first-order valence-corrected chi connectivity index (χ1v) is 16.5. The SMILES string of the molecule is CNc1nc2cc(N(C)C3CCC(N(C)C)CC3)ccc2n1C(CCCOc1c(-c2cc(C=O)cc(C)n2)cnn1C)C1CC1. The predicted octanol–water partition coefficient (Wildman–Crippen LogP) is 6.11. The molecule has 2 saturated carbocycles. The zero-order chi connectivity index (χ0) is 31.7. The van der Waals surface area contributed by atoms with Gasteiger partial charge < -0.3 is 24.4 Å². The molecule has 240 valence electrons. The van der Waals surface area contributed by atoms with Crippen LogP contribution < -0.4 is 15.0 Å². The van der Waals surface area contributed by atoms with Crippen molar-refractivity contribution in [3.8, 4) is 17.1 Å². The molecule has 3 heterocycles. The van der Waals surface area contributed by atoms with Gasteiger partial charge in [-0.25, -0.2) is 9.67 Å². The Morgan fingerprint density at radius 3 is 2.49 bits per heavy atom. The summed E-state index contributed by atoms with van der Waals surface area (Å²) in [6.45, 7) is 2.45. The van der Waals surface area contributed by atoms with E-state index in [-0.39, 0.29) is 0 Å². The molecular weight excluding hydrogens is 564 g/mol. The maximum Gasteiger partial charge on any atom is 0.221 e. The number of aromatic nitrogens is 5. The lowest BCUT2D eigenvalue weighted by molar-refractivity contribution is 0.112. The number of nitrogens with one attached hydrogen (secondary N) is 1. The zero-order valence-corrected chi connectivity index (χ0v) is 27.7. The van der Waals surface area contributed by atoms with E-state index >= 15 is 0 Å². The van der Waals surface area contributed by atoms with Crippen LogP contribution in [0.2, 0.25) is 0 Å². The average Bonchev–Trinajstić information content (AvgIpc) is 3.73. The van der Waals surface area contributed by atoms with E-state index in [1.165, 1.54) is 49.7 Å². The highest BCUT2D eigenvalue weighted by molar-refractivity contribution is 5.83. The number of aryl methyl sites for hydroxylation is 2. The Morgan fingerprint density at radius 2 is 1.80 bits per heavy atom. The van der Waals surface area contributed by atoms with Gasteiger partial charge in [-0.15, -0.1) is 0 Å². The molecule has 0 bridgehead atoms. The third kappa shape index (κ3) is 6.57. The molecule has 0 radical (unpaired) electrons. The third-order valence-corrected chi connectivity index (χ3v) is 9.90. The normalized spacial score (nSPS) is 19.2. The van der Waals surface area contributed by atoms with Crippen molar-refractivity contribution in [3.05, 3.63) is 47.8 Å². The first-order valence-electron chi connectivity index (χ1n) is 16.5. The molecule has 1 N–H and O–H groups in total. The molecule has 10 heteroatoms. The Hall–Kier alpha value is -3.92. The van der Waals surface area contributed by atoms with Gasteiger partial charge in [0.2, 0.25) is 11.8 Å². The number of anilines is 2. The van der Waals surface area contributed by atoms with Gasteiger partial charge in [0.15, 0.2) is 0 Å². The molecule has 1 unspecified atom stereocenters. The maximum absolute atomic E-state index is 11.4. The van der Waals surface area contributed by atoms with Crippen molar-refractivity contribution in [2.75, 3.05) is 45.0 Å². The van der Waals surface area contributed by atoms with E-state index in [0.29, 0.717) is 47.8 Å². The molecule has 10 nitrogen and oxygen atoms in total. The molecule has 1 aromatic carbocycles. The summed E-state index contributed by atoms with van der Waals surface area (Å²) in [5.74, 6) is 2.25. The van der Waals surface area contributed by atoms with Crippen LogP contribution in [0.25, 0.3) is 22.3 Å². The molecule has 4 aromatic rings. The number of ether oxygens (including phenoxy) is 1. The number of hydrogen-bond donors (Lipinski definition) is 1. The van der Waals surface area contributed by atoms with E-state index in [4.69, 9.17) is 9.72 Å². The van der Waals surface area contributed by atoms with Crippen LogP contribution in [0.4, 0.5) is 11.6 Å². The van der Waals surface area contributed by atoms with E-state index in [0.717, 1.165) is 41.9 Å². The van der Waals surface area contributed by atoms with Crippen LogP contribution in [0.15, 0.2) is 36.5 Å². The second kappa shape index (κ2) is 13.2. The summed E-state index contributed by atoms with van der Waals surface area (Å²) in [6, 6.07) is 12.0. The number of carbonyl (C=O) groups excluding carboxylic acids is 1. The fourth-order valence-corrected chi connectivity index (χ4v) is 7.18. The second-order valence-electron chi connectivity index (χ2n) is 13.2. The van der Waals surface area contributed by atoms with Crippen molar-refractivity contribution in [2.45, 2.75) is 76.4 Å². The summed E-state index contributed by atoms with van der Waals surface area (Å²) in [6.07, 6.45) is 11.9. The zero-order valence-electron chi connectivity index (χ0n) is 27.7. The van der Waals surface area contributed by atoms with Gasteiger partial charge in [-0.05, 0) is 109 Å².